The maximum atomic E-state index is 12.7. The molecule has 3 rings (SSSR count). The first-order chi connectivity index (χ1) is 12.4. The van der Waals surface area contributed by atoms with Crippen molar-refractivity contribution in [2.24, 2.45) is 5.41 Å². The van der Waals surface area contributed by atoms with E-state index in [4.69, 9.17) is 4.74 Å². The number of hydrogen-bond donors (Lipinski definition) is 1. The lowest BCUT2D eigenvalue weighted by Crippen LogP contribution is -2.42. The predicted molar refractivity (Wildman–Crippen MR) is 94.8 cm³/mol. The highest BCUT2D eigenvalue weighted by Crippen LogP contribution is 2.45. The lowest BCUT2D eigenvalue weighted by atomic mass is 9.73. The van der Waals surface area contributed by atoms with Crippen molar-refractivity contribution in [1.29, 1.82) is 0 Å². The number of imide groups is 1. The molecule has 1 aliphatic carbocycles. The third-order valence-corrected chi connectivity index (χ3v) is 5.40. The van der Waals surface area contributed by atoms with Crippen LogP contribution in [0.15, 0.2) is 24.3 Å². The molecule has 140 valence electrons. The van der Waals surface area contributed by atoms with Gasteiger partial charge in [-0.15, -0.1) is 0 Å². The summed E-state index contributed by atoms with van der Waals surface area (Å²) in [7, 11) is 0. The van der Waals surface area contributed by atoms with Crippen LogP contribution >= 0.6 is 0 Å². The first kappa shape index (κ1) is 18.6. The Labute approximate surface area is 153 Å². The fourth-order valence-corrected chi connectivity index (χ4v) is 3.91. The van der Waals surface area contributed by atoms with Crippen LogP contribution in [0.4, 0.5) is 0 Å². The van der Waals surface area contributed by atoms with Crippen LogP contribution in [0, 0.1) is 5.41 Å². The largest absolute Gasteiger partial charge is 0.491 e. The standard InChI is InChI=1S/C20H25NO5/c1-14(22)15-5-7-17(8-6-15)26-13-16(23)12-21-18(24)11-20(19(21)25)9-3-2-4-10-20/h5-8,16,23H,2-4,9-13H2,1H3. The number of likely N-dealkylation sites (tertiary alicyclic amines) is 1. The zero-order chi connectivity index (χ0) is 18.7. The Balaban J connectivity index is 1.54. The zero-order valence-electron chi connectivity index (χ0n) is 15.1. The molecule has 2 amide bonds. The van der Waals surface area contributed by atoms with Gasteiger partial charge < -0.3 is 9.84 Å². The summed E-state index contributed by atoms with van der Waals surface area (Å²) in [6.45, 7) is 1.43. The van der Waals surface area contributed by atoms with Crippen LogP contribution in [0.3, 0.4) is 0 Å². The van der Waals surface area contributed by atoms with Gasteiger partial charge in [-0.05, 0) is 44.0 Å². The molecule has 6 nitrogen and oxygen atoms in total. The summed E-state index contributed by atoms with van der Waals surface area (Å²) in [5.41, 5.74) is 0.0576. The minimum absolute atomic E-state index is 0.0243. The SMILES string of the molecule is CC(=O)c1ccc(OCC(O)CN2C(=O)CC3(CCCCC3)C2=O)cc1. The third kappa shape index (κ3) is 3.80. The summed E-state index contributed by atoms with van der Waals surface area (Å²) in [6, 6.07) is 6.63. The van der Waals surface area contributed by atoms with E-state index in [0.29, 0.717) is 11.3 Å². The number of aliphatic hydroxyl groups is 1. The molecule has 0 aromatic heterocycles. The number of hydrogen-bond acceptors (Lipinski definition) is 5. The summed E-state index contributed by atoms with van der Waals surface area (Å²) in [4.78, 5) is 37.5. The molecule has 1 saturated heterocycles. The zero-order valence-corrected chi connectivity index (χ0v) is 15.1. The maximum absolute atomic E-state index is 12.7. The molecule has 26 heavy (non-hydrogen) atoms. The molecule has 6 heteroatoms. The number of carbonyl (C=O) groups is 3. The van der Waals surface area contributed by atoms with Crippen molar-refractivity contribution < 1.29 is 24.2 Å². The minimum atomic E-state index is -0.950. The van der Waals surface area contributed by atoms with E-state index in [0.717, 1.165) is 32.1 Å². The van der Waals surface area contributed by atoms with E-state index in [1.165, 1.54) is 11.8 Å². The molecular formula is C20H25NO5. The number of carbonyl (C=O) groups excluding carboxylic acids is 3. The monoisotopic (exact) mass is 359 g/mol. The quantitative estimate of drug-likeness (QED) is 0.622. The van der Waals surface area contributed by atoms with Gasteiger partial charge in [0.1, 0.15) is 18.5 Å². The average Bonchev–Trinajstić information content (AvgIpc) is 2.85. The van der Waals surface area contributed by atoms with E-state index in [2.05, 4.69) is 0 Å². The van der Waals surface area contributed by atoms with E-state index in [-0.39, 0.29) is 37.2 Å². The van der Waals surface area contributed by atoms with Crippen molar-refractivity contribution in [2.45, 2.75) is 51.6 Å². The molecule has 0 radical (unpaired) electrons. The van der Waals surface area contributed by atoms with Crippen LogP contribution in [0.2, 0.25) is 0 Å². The van der Waals surface area contributed by atoms with Gasteiger partial charge in [0.05, 0.1) is 12.0 Å². The topological polar surface area (TPSA) is 83.9 Å². The number of nitrogens with zero attached hydrogens (tertiary/aromatic N) is 1. The Hall–Kier alpha value is -2.21. The van der Waals surface area contributed by atoms with E-state index in [9.17, 15) is 19.5 Å². The van der Waals surface area contributed by atoms with Crippen molar-refractivity contribution in [1.82, 2.24) is 4.90 Å². The van der Waals surface area contributed by atoms with Gasteiger partial charge in [-0.1, -0.05) is 19.3 Å². The van der Waals surface area contributed by atoms with Gasteiger partial charge in [0, 0.05) is 12.0 Å². The number of rotatable bonds is 6. The van der Waals surface area contributed by atoms with Crippen LogP contribution in [0.1, 0.15) is 55.8 Å². The molecular weight excluding hydrogens is 334 g/mol. The van der Waals surface area contributed by atoms with Crippen LogP contribution in [-0.4, -0.2) is 46.9 Å². The smallest absolute Gasteiger partial charge is 0.235 e. The number of ketones is 1. The highest BCUT2D eigenvalue weighted by Gasteiger charge is 2.51. The molecule has 1 spiro atoms. The van der Waals surface area contributed by atoms with Gasteiger partial charge in [-0.2, -0.15) is 0 Å². The number of ether oxygens (including phenoxy) is 1. The molecule has 1 unspecified atom stereocenters. The van der Waals surface area contributed by atoms with Gasteiger partial charge in [0.15, 0.2) is 5.78 Å². The summed E-state index contributed by atoms with van der Waals surface area (Å²) in [6.07, 6.45) is 3.93. The summed E-state index contributed by atoms with van der Waals surface area (Å²) >= 11 is 0. The Morgan fingerprint density at radius 3 is 2.46 bits per heavy atom. The molecule has 1 N–H and O–H groups in total. The van der Waals surface area contributed by atoms with Crippen LogP contribution in [0.25, 0.3) is 0 Å². The molecule has 1 aliphatic heterocycles. The first-order valence-electron chi connectivity index (χ1n) is 9.18. The normalized spacial score (nSPS) is 20.5. The van der Waals surface area contributed by atoms with Crippen molar-refractivity contribution in [3.8, 4) is 5.75 Å². The van der Waals surface area contributed by atoms with Crippen molar-refractivity contribution in [3.63, 3.8) is 0 Å². The number of β-amino-alcohol motifs (C(OH)–C–C–N with tert-alkyl or cyclic N) is 1. The van der Waals surface area contributed by atoms with Crippen LogP contribution in [0.5, 0.6) is 5.75 Å². The van der Waals surface area contributed by atoms with Gasteiger partial charge in [-0.25, -0.2) is 0 Å². The molecule has 2 fully saturated rings. The maximum Gasteiger partial charge on any atom is 0.235 e. The summed E-state index contributed by atoms with van der Waals surface area (Å²) in [5.74, 6) is 0.171. The van der Waals surface area contributed by atoms with Crippen molar-refractivity contribution >= 4 is 17.6 Å². The van der Waals surface area contributed by atoms with Gasteiger partial charge >= 0.3 is 0 Å². The second-order valence-corrected chi connectivity index (χ2v) is 7.37. The van der Waals surface area contributed by atoms with Crippen LogP contribution in [-0.2, 0) is 9.59 Å². The van der Waals surface area contributed by atoms with Gasteiger partial charge in [0.25, 0.3) is 0 Å². The second kappa shape index (κ2) is 7.58. The Kier molecular flexibility index (Phi) is 5.41. The number of Topliss-reactive ketones (excluding diaryl/α,β-unsaturated/α-hetero) is 1. The van der Waals surface area contributed by atoms with Gasteiger partial charge in [-0.3, -0.25) is 19.3 Å². The van der Waals surface area contributed by atoms with E-state index in [1.54, 1.807) is 24.3 Å². The molecule has 0 bridgehead atoms. The molecule has 1 heterocycles. The lowest BCUT2D eigenvalue weighted by molar-refractivity contribution is -0.144. The Morgan fingerprint density at radius 2 is 1.85 bits per heavy atom. The van der Waals surface area contributed by atoms with Crippen LogP contribution < -0.4 is 4.74 Å². The Morgan fingerprint density at radius 1 is 1.19 bits per heavy atom. The number of amides is 2. The highest BCUT2D eigenvalue weighted by molar-refractivity contribution is 6.06. The third-order valence-electron chi connectivity index (χ3n) is 5.40. The predicted octanol–water partition coefficient (Wildman–Crippen LogP) is 2.34. The molecule has 1 saturated carbocycles. The van der Waals surface area contributed by atoms with Crippen molar-refractivity contribution in [3.05, 3.63) is 29.8 Å². The lowest BCUT2D eigenvalue weighted by Gasteiger charge is -2.30. The number of aliphatic hydroxyl groups excluding tert-OH is 1. The number of benzene rings is 1. The fourth-order valence-electron chi connectivity index (χ4n) is 3.91. The highest BCUT2D eigenvalue weighted by atomic mass is 16.5. The molecule has 1 atom stereocenters. The van der Waals surface area contributed by atoms with Crippen molar-refractivity contribution in [2.75, 3.05) is 13.2 Å². The molecule has 1 aromatic carbocycles. The van der Waals surface area contributed by atoms with E-state index in [1.807, 2.05) is 0 Å². The van der Waals surface area contributed by atoms with E-state index >= 15 is 0 Å². The summed E-state index contributed by atoms with van der Waals surface area (Å²) in [5, 5.41) is 10.2. The Bertz CT molecular complexity index is 691. The first-order valence-corrected chi connectivity index (χ1v) is 9.18. The van der Waals surface area contributed by atoms with E-state index < -0.39 is 11.5 Å². The van der Waals surface area contributed by atoms with Gasteiger partial charge in [0.2, 0.25) is 11.8 Å². The molecule has 1 aromatic rings. The average molecular weight is 359 g/mol. The fraction of sp³-hybridized carbons (Fsp3) is 0.550. The molecule has 2 aliphatic rings. The second-order valence-electron chi connectivity index (χ2n) is 7.37. The summed E-state index contributed by atoms with van der Waals surface area (Å²) < 4.78 is 5.51. The minimum Gasteiger partial charge on any atom is -0.491 e.